The van der Waals surface area contributed by atoms with Crippen LogP contribution in [-0.2, 0) is 11.3 Å². The Hall–Kier alpha value is -3.01. The summed E-state index contributed by atoms with van der Waals surface area (Å²) >= 11 is 11.8. The number of nitriles is 1. The first kappa shape index (κ1) is 18.8. The topological polar surface area (TPSA) is 79.4 Å². The van der Waals surface area contributed by atoms with Crippen LogP contribution in [0, 0.1) is 11.3 Å². The third-order valence-corrected chi connectivity index (χ3v) is 4.24. The first-order valence-corrected chi connectivity index (χ1v) is 8.68. The molecular formula is C19H14Cl2N4O2. The summed E-state index contributed by atoms with van der Waals surface area (Å²) in [5, 5.41) is 14.6. The number of rotatable bonds is 6. The molecule has 0 radical (unpaired) electrons. The number of amides is 1. The standard InChI is InChI=1S/C19H14Cl2N4O2/c20-14-5-6-18(16(21)9-14)27-12-19(26)24-23-10-13-11-25(8-7-22)17-4-2-1-3-15(13)17/h1-6,9-11H,8,12H2,(H,24,26)/b23-10+. The van der Waals surface area contributed by atoms with Crippen molar-refractivity contribution >= 4 is 46.2 Å². The van der Waals surface area contributed by atoms with Crippen LogP contribution in [0.4, 0.5) is 0 Å². The SMILES string of the molecule is N#CCn1cc(/C=N/NC(=O)COc2ccc(Cl)cc2Cl)c2ccccc21. The van der Waals surface area contributed by atoms with Gasteiger partial charge in [0.05, 0.1) is 17.3 Å². The van der Waals surface area contributed by atoms with Crippen LogP contribution in [0.15, 0.2) is 53.8 Å². The number of ether oxygens (including phenoxy) is 1. The molecule has 0 aliphatic heterocycles. The lowest BCUT2D eigenvalue weighted by Gasteiger charge is -2.06. The first-order valence-electron chi connectivity index (χ1n) is 7.93. The van der Waals surface area contributed by atoms with Crippen molar-refractivity contribution in [2.45, 2.75) is 6.54 Å². The number of fused-ring (bicyclic) bond motifs is 1. The molecule has 0 saturated heterocycles. The smallest absolute Gasteiger partial charge is 0.277 e. The summed E-state index contributed by atoms with van der Waals surface area (Å²) < 4.78 is 7.17. The van der Waals surface area contributed by atoms with Crippen molar-refractivity contribution in [2.24, 2.45) is 5.10 Å². The van der Waals surface area contributed by atoms with Crippen molar-refractivity contribution < 1.29 is 9.53 Å². The quantitative estimate of drug-likeness (QED) is 0.501. The third kappa shape index (κ3) is 4.59. The fourth-order valence-electron chi connectivity index (χ4n) is 2.53. The Morgan fingerprint density at radius 1 is 1.30 bits per heavy atom. The molecule has 1 N–H and O–H groups in total. The van der Waals surface area contributed by atoms with Gasteiger partial charge in [0.2, 0.25) is 0 Å². The van der Waals surface area contributed by atoms with E-state index in [0.717, 1.165) is 16.5 Å². The van der Waals surface area contributed by atoms with Gasteiger partial charge in [-0.25, -0.2) is 5.43 Å². The molecule has 2 aromatic carbocycles. The molecule has 27 heavy (non-hydrogen) atoms. The summed E-state index contributed by atoms with van der Waals surface area (Å²) in [6.45, 7) is -0.00864. The van der Waals surface area contributed by atoms with Crippen LogP contribution in [0.2, 0.25) is 10.0 Å². The van der Waals surface area contributed by atoms with E-state index in [2.05, 4.69) is 16.6 Å². The Morgan fingerprint density at radius 2 is 2.11 bits per heavy atom. The third-order valence-electron chi connectivity index (χ3n) is 3.71. The average molecular weight is 401 g/mol. The van der Waals surface area contributed by atoms with E-state index < -0.39 is 5.91 Å². The molecule has 1 amide bonds. The van der Waals surface area contributed by atoms with Gasteiger partial charge >= 0.3 is 0 Å². The van der Waals surface area contributed by atoms with Crippen LogP contribution in [0.3, 0.4) is 0 Å². The Kier molecular flexibility index (Phi) is 5.97. The molecule has 8 heteroatoms. The first-order chi connectivity index (χ1) is 13.1. The number of aromatic nitrogens is 1. The van der Waals surface area contributed by atoms with Crippen molar-refractivity contribution in [2.75, 3.05) is 6.61 Å². The molecule has 3 rings (SSSR count). The normalized spacial score (nSPS) is 10.9. The van der Waals surface area contributed by atoms with E-state index in [4.69, 9.17) is 33.2 Å². The minimum absolute atomic E-state index is 0.233. The number of hydrogen-bond acceptors (Lipinski definition) is 4. The molecule has 0 saturated carbocycles. The lowest BCUT2D eigenvalue weighted by Crippen LogP contribution is -2.24. The van der Waals surface area contributed by atoms with E-state index in [0.29, 0.717) is 15.8 Å². The summed E-state index contributed by atoms with van der Waals surface area (Å²) in [6, 6.07) is 14.5. The van der Waals surface area contributed by atoms with Gasteiger partial charge in [0, 0.05) is 27.7 Å². The van der Waals surface area contributed by atoms with E-state index >= 15 is 0 Å². The zero-order chi connectivity index (χ0) is 19.2. The molecule has 0 aliphatic carbocycles. The highest BCUT2D eigenvalue weighted by Crippen LogP contribution is 2.27. The highest BCUT2D eigenvalue weighted by atomic mass is 35.5. The maximum Gasteiger partial charge on any atom is 0.277 e. The fourth-order valence-corrected chi connectivity index (χ4v) is 2.99. The van der Waals surface area contributed by atoms with Crippen LogP contribution in [-0.4, -0.2) is 23.3 Å². The fraction of sp³-hybridized carbons (Fsp3) is 0.105. The van der Waals surface area contributed by atoms with Gasteiger partial charge in [-0.05, 0) is 24.3 Å². The molecule has 1 aromatic heterocycles. The zero-order valence-corrected chi connectivity index (χ0v) is 15.5. The van der Waals surface area contributed by atoms with Crippen LogP contribution >= 0.6 is 23.2 Å². The Bertz CT molecular complexity index is 1050. The van der Waals surface area contributed by atoms with Gasteiger partial charge in [-0.3, -0.25) is 4.79 Å². The second kappa shape index (κ2) is 8.58. The molecule has 3 aromatic rings. The Morgan fingerprint density at radius 3 is 2.89 bits per heavy atom. The lowest BCUT2D eigenvalue weighted by molar-refractivity contribution is -0.123. The number of nitrogens with zero attached hydrogens (tertiary/aromatic N) is 3. The van der Waals surface area contributed by atoms with Crippen molar-refractivity contribution in [1.29, 1.82) is 5.26 Å². The number of halogens is 2. The number of nitrogens with one attached hydrogen (secondary N) is 1. The molecular weight excluding hydrogens is 387 g/mol. The molecule has 0 aliphatic rings. The van der Waals surface area contributed by atoms with E-state index in [1.54, 1.807) is 12.1 Å². The molecule has 0 spiro atoms. The van der Waals surface area contributed by atoms with E-state index in [1.165, 1.54) is 12.3 Å². The van der Waals surface area contributed by atoms with E-state index in [1.807, 2.05) is 35.0 Å². The average Bonchev–Trinajstić information content (AvgIpc) is 2.99. The predicted molar refractivity (Wildman–Crippen MR) is 105 cm³/mol. The van der Waals surface area contributed by atoms with Crippen LogP contribution < -0.4 is 10.2 Å². The maximum atomic E-state index is 11.9. The van der Waals surface area contributed by atoms with Crippen LogP contribution in [0.5, 0.6) is 5.75 Å². The van der Waals surface area contributed by atoms with Gasteiger partial charge in [-0.15, -0.1) is 0 Å². The molecule has 0 unspecified atom stereocenters. The largest absolute Gasteiger partial charge is 0.482 e. The zero-order valence-electron chi connectivity index (χ0n) is 14.0. The van der Waals surface area contributed by atoms with Crippen molar-refractivity contribution in [3.05, 3.63) is 64.3 Å². The summed E-state index contributed by atoms with van der Waals surface area (Å²) in [7, 11) is 0. The van der Waals surface area contributed by atoms with Gasteiger partial charge in [0.25, 0.3) is 5.91 Å². The number of para-hydroxylation sites is 1. The number of hydrazone groups is 1. The number of carbonyl (C=O) groups excluding carboxylic acids is 1. The highest BCUT2D eigenvalue weighted by molar-refractivity contribution is 6.35. The van der Waals surface area contributed by atoms with Crippen molar-refractivity contribution in [1.82, 2.24) is 9.99 Å². The summed E-state index contributed by atoms with van der Waals surface area (Å²) in [5.74, 6) is -0.0715. The van der Waals surface area contributed by atoms with Crippen molar-refractivity contribution in [3.8, 4) is 11.8 Å². The minimum Gasteiger partial charge on any atom is -0.482 e. The monoisotopic (exact) mass is 400 g/mol. The second-order valence-corrected chi connectivity index (χ2v) is 6.39. The Balaban J connectivity index is 1.63. The summed E-state index contributed by atoms with van der Waals surface area (Å²) in [5.41, 5.74) is 4.12. The predicted octanol–water partition coefficient (Wildman–Crippen LogP) is 4.00. The molecule has 0 bridgehead atoms. The van der Waals surface area contributed by atoms with Crippen molar-refractivity contribution in [3.63, 3.8) is 0 Å². The number of hydrogen-bond donors (Lipinski definition) is 1. The minimum atomic E-state index is -0.432. The van der Waals surface area contributed by atoms with Crippen LogP contribution in [0.1, 0.15) is 5.56 Å². The van der Waals surface area contributed by atoms with Gasteiger partial charge in [-0.2, -0.15) is 10.4 Å². The molecule has 136 valence electrons. The van der Waals surface area contributed by atoms with E-state index in [-0.39, 0.29) is 13.2 Å². The maximum absolute atomic E-state index is 11.9. The van der Waals surface area contributed by atoms with Gasteiger partial charge in [0.1, 0.15) is 12.3 Å². The number of benzene rings is 2. The summed E-state index contributed by atoms with van der Waals surface area (Å²) in [6.07, 6.45) is 3.34. The van der Waals surface area contributed by atoms with Gasteiger partial charge < -0.3 is 9.30 Å². The second-order valence-electron chi connectivity index (χ2n) is 5.54. The molecule has 6 nitrogen and oxygen atoms in total. The van der Waals surface area contributed by atoms with Gasteiger partial charge in [0.15, 0.2) is 6.61 Å². The summed E-state index contributed by atoms with van der Waals surface area (Å²) in [4.78, 5) is 11.9. The van der Waals surface area contributed by atoms with E-state index in [9.17, 15) is 4.79 Å². The highest BCUT2D eigenvalue weighted by Gasteiger charge is 2.07. The lowest BCUT2D eigenvalue weighted by atomic mass is 10.2. The molecule has 0 atom stereocenters. The van der Waals surface area contributed by atoms with Gasteiger partial charge in [-0.1, -0.05) is 41.4 Å². The van der Waals surface area contributed by atoms with Crippen LogP contribution in [0.25, 0.3) is 10.9 Å². The molecule has 1 heterocycles. The number of carbonyl (C=O) groups is 1. The Labute approximate surface area is 165 Å². The molecule has 0 fully saturated rings.